The van der Waals surface area contributed by atoms with E-state index in [2.05, 4.69) is 38.8 Å². The summed E-state index contributed by atoms with van der Waals surface area (Å²) >= 11 is 3.62. The van der Waals surface area contributed by atoms with Crippen molar-refractivity contribution >= 4 is 21.8 Å². The van der Waals surface area contributed by atoms with E-state index in [1.54, 1.807) is 0 Å². The van der Waals surface area contributed by atoms with Gasteiger partial charge in [-0.05, 0) is 67.9 Å². The van der Waals surface area contributed by atoms with Crippen LogP contribution in [0, 0.1) is 13.8 Å². The van der Waals surface area contributed by atoms with E-state index in [-0.39, 0.29) is 5.91 Å². The summed E-state index contributed by atoms with van der Waals surface area (Å²) < 4.78 is 3.18. The molecule has 0 saturated carbocycles. The highest BCUT2D eigenvalue weighted by Gasteiger charge is 2.26. The predicted octanol–water partition coefficient (Wildman–Crippen LogP) is 3.68. The number of para-hydroxylation sites is 1. The summed E-state index contributed by atoms with van der Waals surface area (Å²) in [5, 5.41) is 3.31. The first kappa shape index (κ1) is 17.2. The molecular weight excluding hydrogens is 366 g/mol. The minimum atomic E-state index is 0.149. The van der Waals surface area contributed by atoms with Crippen molar-refractivity contribution in [3.05, 3.63) is 51.8 Å². The van der Waals surface area contributed by atoms with Crippen molar-refractivity contribution in [2.75, 3.05) is 20.1 Å². The lowest BCUT2D eigenvalue weighted by molar-refractivity contribution is 0.0706. The number of nitrogens with one attached hydrogen (secondary N) is 1. The Morgan fingerprint density at radius 1 is 1.21 bits per heavy atom. The van der Waals surface area contributed by atoms with Crippen molar-refractivity contribution in [3.63, 3.8) is 0 Å². The van der Waals surface area contributed by atoms with Crippen LogP contribution in [0.25, 0.3) is 5.69 Å². The number of piperidine rings is 1. The molecule has 2 heterocycles. The van der Waals surface area contributed by atoms with E-state index in [1.165, 1.54) is 0 Å². The molecule has 24 heavy (non-hydrogen) atoms. The molecule has 1 aromatic heterocycles. The first-order chi connectivity index (χ1) is 11.5. The molecule has 0 bridgehead atoms. The second-order valence-electron chi connectivity index (χ2n) is 6.43. The summed E-state index contributed by atoms with van der Waals surface area (Å²) in [4.78, 5) is 15.0. The molecule has 3 rings (SSSR count). The Kier molecular flexibility index (Phi) is 5.11. The lowest BCUT2D eigenvalue weighted by Gasteiger charge is -2.31. The van der Waals surface area contributed by atoms with Crippen molar-refractivity contribution in [2.45, 2.75) is 32.7 Å². The summed E-state index contributed by atoms with van der Waals surface area (Å²) in [5.74, 6) is 0.149. The number of hydrogen-bond donors (Lipinski definition) is 1. The second kappa shape index (κ2) is 7.11. The minimum Gasteiger partial charge on any atom is -0.338 e. The van der Waals surface area contributed by atoms with Gasteiger partial charge < -0.3 is 14.8 Å². The van der Waals surface area contributed by atoms with Crippen LogP contribution in [0.2, 0.25) is 0 Å². The molecule has 0 atom stereocenters. The highest BCUT2D eigenvalue weighted by atomic mass is 79.9. The summed E-state index contributed by atoms with van der Waals surface area (Å²) in [5.41, 5.74) is 3.96. The molecule has 2 aromatic rings. The smallest absolute Gasteiger partial charge is 0.255 e. The summed E-state index contributed by atoms with van der Waals surface area (Å²) in [6.45, 7) is 5.72. The fourth-order valence-corrected chi connectivity index (χ4v) is 3.99. The zero-order valence-corrected chi connectivity index (χ0v) is 16.1. The molecular formula is C19H24BrN3O. The summed E-state index contributed by atoms with van der Waals surface area (Å²) in [7, 11) is 1.99. The number of likely N-dealkylation sites (tertiary alicyclic amines) is 1. The van der Waals surface area contributed by atoms with Gasteiger partial charge >= 0.3 is 0 Å². The fraction of sp³-hybridized carbons (Fsp3) is 0.421. The molecule has 5 heteroatoms. The number of carbonyl (C=O) groups excluding carboxylic acids is 1. The van der Waals surface area contributed by atoms with Crippen LogP contribution in [0.1, 0.15) is 34.6 Å². The molecule has 1 aliphatic heterocycles. The number of benzene rings is 1. The zero-order valence-electron chi connectivity index (χ0n) is 14.5. The highest BCUT2D eigenvalue weighted by Crippen LogP contribution is 2.27. The topological polar surface area (TPSA) is 37.3 Å². The molecule has 128 valence electrons. The van der Waals surface area contributed by atoms with Gasteiger partial charge in [-0.1, -0.05) is 12.1 Å². The number of aryl methyl sites for hydroxylation is 1. The first-order valence-electron chi connectivity index (χ1n) is 8.43. The van der Waals surface area contributed by atoms with Gasteiger partial charge in [0, 0.05) is 35.0 Å². The van der Waals surface area contributed by atoms with E-state index in [4.69, 9.17) is 0 Å². The Balaban J connectivity index is 1.89. The van der Waals surface area contributed by atoms with E-state index in [1.807, 2.05) is 43.1 Å². The van der Waals surface area contributed by atoms with Crippen molar-refractivity contribution in [1.29, 1.82) is 0 Å². The van der Waals surface area contributed by atoms with Crippen LogP contribution in [-0.2, 0) is 0 Å². The van der Waals surface area contributed by atoms with Gasteiger partial charge in [0.1, 0.15) is 0 Å². The van der Waals surface area contributed by atoms with Gasteiger partial charge in [0.15, 0.2) is 0 Å². The molecule has 1 aliphatic rings. The van der Waals surface area contributed by atoms with Gasteiger partial charge in [-0.3, -0.25) is 4.79 Å². The number of rotatable bonds is 3. The van der Waals surface area contributed by atoms with Crippen molar-refractivity contribution in [2.24, 2.45) is 0 Å². The average Bonchev–Trinajstić information content (AvgIpc) is 2.89. The normalized spacial score (nSPS) is 15.8. The Bertz CT molecular complexity index is 745. The average molecular weight is 390 g/mol. The largest absolute Gasteiger partial charge is 0.338 e. The minimum absolute atomic E-state index is 0.149. The number of hydrogen-bond acceptors (Lipinski definition) is 2. The number of halogens is 1. The molecule has 0 spiro atoms. The van der Waals surface area contributed by atoms with Crippen LogP contribution in [0.5, 0.6) is 0 Å². The Hall–Kier alpha value is -1.59. The molecule has 4 nitrogen and oxygen atoms in total. The lowest BCUT2D eigenvalue weighted by Crippen LogP contribution is -2.44. The third-order valence-corrected chi connectivity index (χ3v) is 5.62. The first-order valence-corrected chi connectivity index (χ1v) is 9.22. The van der Waals surface area contributed by atoms with E-state index in [0.29, 0.717) is 6.04 Å². The predicted molar refractivity (Wildman–Crippen MR) is 101 cm³/mol. The maximum absolute atomic E-state index is 13.0. The Morgan fingerprint density at radius 3 is 2.50 bits per heavy atom. The van der Waals surface area contributed by atoms with Gasteiger partial charge in [-0.2, -0.15) is 0 Å². The van der Waals surface area contributed by atoms with Crippen molar-refractivity contribution < 1.29 is 4.79 Å². The molecule has 1 saturated heterocycles. The van der Waals surface area contributed by atoms with Gasteiger partial charge in [-0.25, -0.2) is 0 Å². The number of amides is 1. The molecule has 1 fully saturated rings. The van der Waals surface area contributed by atoms with Crippen LogP contribution in [0.4, 0.5) is 0 Å². The van der Waals surface area contributed by atoms with E-state index < -0.39 is 0 Å². The van der Waals surface area contributed by atoms with Gasteiger partial charge in [-0.15, -0.1) is 0 Å². The van der Waals surface area contributed by atoms with Gasteiger partial charge in [0.2, 0.25) is 0 Å². The van der Waals surface area contributed by atoms with Crippen LogP contribution in [0.3, 0.4) is 0 Å². The monoisotopic (exact) mass is 389 g/mol. The van der Waals surface area contributed by atoms with Crippen molar-refractivity contribution in [3.8, 4) is 5.69 Å². The number of carbonyl (C=O) groups is 1. The molecule has 0 unspecified atom stereocenters. The Labute approximate surface area is 152 Å². The SMILES string of the molecule is CNC1CCN(C(=O)c2cc(C)n(-c3ccccc3Br)c2C)CC1. The third-order valence-electron chi connectivity index (χ3n) is 4.95. The van der Waals surface area contributed by atoms with E-state index in [9.17, 15) is 4.79 Å². The van der Waals surface area contributed by atoms with Gasteiger partial charge in [0.25, 0.3) is 5.91 Å². The fourth-order valence-electron chi connectivity index (χ4n) is 3.52. The third kappa shape index (κ3) is 3.15. The molecule has 1 N–H and O–H groups in total. The lowest BCUT2D eigenvalue weighted by atomic mass is 10.0. The van der Waals surface area contributed by atoms with Crippen LogP contribution in [0.15, 0.2) is 34.8 Å². The quantitative estimate of drug-likeness (QED) is 0.868. The highest BCUT2D eigenvalue weighted by molar-refractivity contribution is 9.10. The number of nitrogens with zero attached hydrogens (tertiary/aromatic N) is 2. The standard InChI is InChI=1S/C19H24BrN3O/c1-13-12-16(19(24)22-10-8-15(21-3)9-11-22)14(2)23(13)18-7-5-4-6-17(18)20/h4-7,12,15,21H,8-11H2,1-3H3. The van der Waals surface area contributed by atoms with Gasteiger partial charge in [0.05, 0.1) is 11.3 Å². The Morgan fingerprint density at radius 2 is 1.88 bits per heavy atom. The molecule has 1 amide bonds. The van der Waals surface area contributed by atoms with E-state index in [0.717, 1.165) is 53.0 Å². The zero-order chi connectivity index (χ0) is 17.3. The number of aromatic nitrogens is 1. The summed E-state index contributed by atoms with van der Waals surface area (Å²) in [6, 6.07) is 10.7. The van der Waals surface area contributed by atoms with E-state index >= 15 is 0 Å². The van der Waals surface area contributed by atoms with Crippen LogP contribution in [-0.4, -0.2) is 41.6 Å². The molecule has 1 aromatic carbocycles. The maximum atomic E-state index is 13.0. The maximum Gasteiger partial charge on any atom is 0.255 e. The second-order valence-corrected chi connectivity index (χ2v) is 7.28. The van der Waals surface area contributed by atoms with Crippen LogP contribution >= 0.6 is 15.9 Å². The molecule has 0 aliphatic carbocycles. The molecule has 0 radical (unpaired) electrons. The van der Waals surface area contributed by atoms with Crippen molar-refractivity contribution in [1.82, 2.24) is 14.8 Å². The summed E-state index contributed by atoms with van der Waals surface area (Å²) in [6.07, 6.45) is 2.04. The van der Waals surface area contributed by atoms with Crippen LogP contribution < -0.4 is 5.32 Å².